The normalized spacial score (nSPS) is 23.7. The molecule has 8 rings (SSSR count). The largest absolute Gasteiger partial charge is 0.508 e. The van der Waals surface area contributed by atoms with E-state index in [9.17, 15) is 29.1 Å². The van der Waals surface area contributed by atoms with Crippen molar-refractivity contribution in [3.63, 3.8) is 0 Å². The zero-order valence-electron chi connectivity index (χ0n) is 40.0. The first-order valence-corrected chi connectivity index (χ1v) is 23.8. The highest BCUT2D eigenvalue weighted by atomic mass is 16.5. The number of cyclic esters (lactones) is 1. The van der Waals surface area contributed by atoms with Crippen LogP contribution in [-0.2, 0) is 52.8 Å². The van der Waals surface area contributed by atoms with Gasteiger partial charge in [-0.15, -0.1) is 0 Å². The second-order valence-corrected chi connectivity index (χ2v) is 20.0. The van der Waals surface area contributed by atoms with E-state index in [1.807, 2.05) is 39.0 Å². The first-order valence-electron chi connectivity index (χ1n) is 23.8. The Morgan fingerprint density at radius 1 is 1.06 bits per heavy atom. The molecule has 1 aliphatic carbocycles. The molecule has 2 aromatic carbocycles. The molecule has 67 heavy (non-hydrogen) atoms. The first-order chi connectivity index (χ1) is 32.0. The number of likely N-dealkylation sites (N-methyl/N-ethyl adjacent to an activating group) is 1. The summed E-state index contributed by atoms with van der Waals surface area (Å²) in [6.07, 6.45) is 3.96. The molecule has 1 saturated carbocycles. The SMILES string of the molecule is CCn1c(-c2cccnc2[C@H](C)OC)c2c3cc(ccc31)-c1cc(O)cc(c1)C[C@H](NC(=O)[C@H](C(C)C)N(C)C(=O)C1CC(NC(=O)[C@@H]3CN3)C1)C(=O)N1CCC[C@H](N1)C(=O)OCC(C)(C)C2. The fourth-order valence-corrected chi connectivity index (χ4v) is 10.2. The maximum absolute atomic E-state index is 14.7. The molecule has 0 spiro atoms. The third-order valence-corrected chi connectivity index (χ3v) is 13.9. The summed E-state index contributed by atoms with van der Waals surface area (Å²) >= 11 is 0. The molecule has 0 unspecified atom stereocenters. The highest BCUT2D eigenvalue weighted by molar-refractivity contribution is 5.96. The first kappa shape index (κ1) is 47.6. The Hall–Kier alpha value is -5.84. The van der Waals surface area contributed by atoms with Gasteiger partial charge in [0, 0.05) is 80.3 Å². The number of phenols is 1. The van der Waals surface area contributed by atoms with E-state index in [-0.39, 0.29) is 67.2 Å². The second-order valence-electron chi connectivity index (χ2n) is 20.0. The smallest absolute Gasteiger partial charge is 0.324 e. The van der Waals surface area contributed by atoms with Crippen molar-refractivity contribution in [1.29, 1.82) is 0 Å². The number of amides is 4. The van der Waals surface area contributed by atoms with Crippen LogP contribution in [0.1, 0.15) is 90.2 Å². The lowest BCUT2D eigenvalue weighted by Gasteiger charge is -2.40. The van der Waals surface area contributed by atoms with Gasteiger partial charge in [-0.25, -0.2) is 5.43 Å². The molecule has 5 atom stereocenters. The number of aryl methyl sites for hydroxylation is 1. The monoisotopic (exact) mass is 919 g/mol. The molecule has 358 valence electrons. The van der Waals surface area contributed by atoms with E-state index >= 15 is 0 Å². The van der Waals surface area contributed by atoms with Crippen LogP contribution in [0.4, 0.5) is 0 Å². The average molecular weight is 919 g/mol. The number of carbonyl (C=O) groups is 5. The van der Waals surface area contributed by atoms with Crippen LogP contribution < -0.4 is 21.4 Å². The van der Waals surface area contributed by atoms with E-state index in [4.69, 9.17) is 14.5 Å². The van der Waals surface area contributed by atoms with Crippen molar-refractivity contribution in [3.8, 4) is 28.1 Å². The molecule has 16 nitrogen and oxygen atoms in total. The Kier molecular flexibility index (Phi) is 13.8. The molecule has 5 heterocycles. The zero-order chi connectivity index (χ0) is 47.9. The van der Waals surface area contributed by atoms with Crippen LogP contribution >= 0.6 is 0 Å². The molecule has 6 bridgehead atoms. The summed E-state index contributed by atoms with van der Waals surface area (Å²) in [5, 5.41) is 22.7. The van der Waals surface area contributed by atoms with Crippen molar-refractivity contribution in [1.82, 2.24) is 40.8 Å². The van der Waals surface area contributed by atoms with Crippen molar-refractivity contribution in [2.45, 2.75) is 123 Å². The molecular weight excluding hydrogens is 853 g/mol. The molecular formula is C51H66N8O8. The van der Waals surface area contributed by atoms with Crippen LogP contribution in [0.2, 0.25) is 0 Å². The maximum Gasteiger partial charge on any atom is 0.324 e. The van der Waals surface area contributed by atoms with Gasteiger partial charge in [0.2, 0.25) is 17.7 Å². The van der Waals surface area contributed by atoms with Crippen molar-refractivity contribution in [3.05, 3.63) is 71.5 Å². The number of hydrogen-bond donors (Lipinski definition) is 5. The molecule has 0 radical (unpaired) electrons. The molecule has 4 aliphatic rings. The number of phenolic OH excluding ortho intramolecular Hbond substituents is 1. The summed E-state index contributed by atoms with van der Waals surface area (Å²) in [7, 11) is 3.28. The highest BCUT2D eigenvalue weighted by Crippen LogP contribution is 2.42. The topological polar surface area (TPSA) is 206 Å². The summed E-state index contributed by atoms with van der Waals surface area (Å²) < 4.78 is 14.2. The van der Waals surface area contributed by atoms with Gasteiger partial charge in [-0.3, -0.25) is 34.0 Å². The molecule has 3 fully saturated rings. The van der Waals surface area contributed by atoms with Crippen molar-refractivity contribution >= 4 is 40.5 Å². The molecule has 3 aliphatic heterocycles. The second kappa shape index (κ2) is 19.4. The fraction of sp³-hybridized carbons (Fsp3) is 0.529. The number of methoxy groups -OCH3 is 1. The van der Waals surface area contributed by atoms with Crippen LogP contribution in [0.15, 0.2) is 54.7 Å². The number of fused-ring (bicyclic) bond motifs is 6. The number of hydrazine groups is 1. The van der Waals surface area contributed by atoms with Crippen LogP contribution in [0.5, 0.6) is 5.75 Å². The molecule has 2 saturated heterocycles. The van der Waals surface area contributed by atoms with E-state index in [2.05, 4.69) is 64.9 Å². The predicted octanol–water partition coefficient (Wildman–Crippen LogP) is 4.80. The molecule has 2 aromatic heterocycles. The Morgan fingerprint density at radius 2 is 1.82 bits per heavy atom. The highest BCUT2D eigenvalue weighted by Gasteiger charge is 2.43. The molecule has 5 N–H and O–H groups in total. The van der Waals surface area contributed by atoms with E-state index in [1.54, 1.807) is 32.5 Å². The van der Waals surface area contributed by atoms with Gasteiger partial charge >= 0.3 is 5.97 Å². The van der Waals surface area contributed by atoms with Gasteiger partial charge < -0.3 is 40.0 Å². The van der Waals surface area contributed by atoms with Gasteiger partial charge in [-0.1, -0.05) is 39.8 Å². The van der Waals surface area contributed by atoms with Crippen molar-refractivity contribution in [2.24, 2.45) is 17.3 Å². The molecule has 4 amide bonds. The van der Waals surface area contributed by atoms with E-state index in [1.165, 1.54) is 9.91 Å². The molecule has 4 aromatic rings. The quantitative estimate of drug-likeness (QED) is 0.102. The van der Waals surface area contributed by atoms with Crippen molar-refractivity contribution in [2.75, 3.05) is 33.9 Å². The van der Waals surface area contributed by atoms with Gasteiger partial charge in [0.25, 0.3) is 5.91 Å². The summed E-state index contributed by atoms with van der Waals surface area (Å²) in [6, 6.07) is 12.3. The number of carbonyl (C=O) groups excluding carboxylic acids is 5. The van der Waals surface area contributed by atoms with Gasteiger partial charge in [0.05, 0.1) is 30.1 Å². The van der Waals surface area contributed by atoms with Crippen LogP contribution in [-0.4, -0.2) is 118 Å². The summed E-state index contributed by atoms with van der Waals surface area (Å²) in [5.74, 6) is -2.39. The predicted molar refractivity (Wildman–Crippen MR) is 253 cm³/mol. The lowest BCUT2D eigenvalue weighted by Crippen LogP contribution is -2.62. The number of aromatic hydroxyl groups is 1. The minimum Gasteiger partial charge on any atom is -0.508 e. The minimum atomic E-state index is -1.15. The van der Waals surface area contributed by atoms with Crippen LogP contribution in [0, 0.1) is 17.3 Å². The number of rotatable bonds is 11. The van der Waals surface area contributed by atoms with Gasteiger partial charge in [-0.2, -0.15) is 0 Å². The van der Waals surface area contributed by atoms with Crippen LogP contribution in [0.25, 0.3) is 33.3 Å². The van der Waals surface area contributed by atoms with Crippen molar-refractivity contribution < 1.29 is 38.6 Å². The Labute approximate surface area is 392 Å². The van der Waals surface area contributed by atoms with E-state index in [0.717, 1.165) is 44.5 Å². The zero-order valence-corrected chi connectivity index (χ0v) is 40.0. The average Bonchev–Trinajstić information content (AvgIpc) is 4.11. The lowest BCUT2D eigenvalue weighted by atomic mass is 9.78. The van der Waals surface area contributed by atoms with E-state index in [0.29, 0.717) is 50.8 Å². The standard InChI is InChI=1S/C51H66N8O8/c1-9-58-42-15-14-31-24-37(42)38(45(58)36-12-10-16-52-43(36)29(4)66-8)25-51(5,6)27-67-50(65)39-13-11-17-59(56-39)49(64)40(20-30-18-32(31)23-35(60)19-30)55-47(62)44(28(2)3)57(7)48(63)33-21-34(22-33)54-46(61)41-26-53-41/h10,12,14-16,18-19,23-24,28-29,33-34,39-41,44,53,56,60H,9,11,13,17,20-22,25-27H2,1-8H3,(H,54,61)(H,55,62)/t29-,33?,34?,39-,40-,41-,44-/m0/s1. The summed E-state index contributed by atoms with van der Waals surface area (Å²) in [6.45, 7) is 13.7. The Morgan fingerprint density at radius 3 is 2.52 bits per heavy atom. The molecule has 16 heteroatoms. The summed E-state index contributed by atoms with van der Waals surface area (Å²) in [5.41, 5.74) is 9.58. The fourth-order valence-electron chi connectivity index (χ4n) is 10.2. The number of aromatic nitrogens is 2. The Balaban J connectivity index is 1.16. The summed E-state index contributed by atoms with van der Waals surface area (Å²) in [4.78, 5) is 75.5. The maximum atomic E-state index is 14.7. The number of nitrogens with zero attached hydrogens (tertiary/aromatic N) is 4. The number of nitrogens with one attached hydrogen (secondary N) is 4. The number of pyridine rings is 1. The van der Waals surface area contributed by atoms with Gasteiger partial charge in [0.1, 0.15) is 23.9 Å². The van der Waals surface area contributed by atoms with E-state index < -0.39 is 41.3 Å². The third-order valence-electron chi connectivity index (χ3n) is 13.9. The van der Waals surface area contributed by atoms with Gasteiger partial charge in [0.15, 0.2) is 0 Å². The van der Waals surface area contributed by atoms with Gasteiger partial charge in [-0.05, 0) is 111 Å². The van der Waals surface area contributed by atoms with Crippen LogP contribution in [0.3, 0.4) is 0 Å². The number of hydrogen-bond acceptors (Lipinski definition) is 11. The number of benzene rings is 2. The number of esters is 1. The number of ether oxygens (including phenoxy) is 2. The Bertz CT molecular complexity index is 2540. The minimum absolute atomic E-state index is 0.00110. The third kappa shape index (κ3) is 10.1. The lowest BCUT2D eigenvalue weighted by molar-refractivity contribution is -0.155.